The highest BCUT2D eigenvalue weighted by Crippen LogP contribution is 2.11. The summed E-state index contributed by atoms with van der Waals surface area (Å²) in [5.41, 5.74) is 0.673. The van der Waals surface area contributed by atoms with E-state index in [9.17, 15) is 4.79 Å². The standard InChI is InChI=1S/C12H21N3O2S2/c1-3-17-15-8-7-14(11(9-15)10-16)6-4-5-13-12(18)19-2/h3-9H2,1-2H3,(H,13,18). The molecule has 1 saturated heterocycles. The van der Waals surface area contributed by atoms with Gasteiger partial charge in [-0.25, -0.2) is 4.79 Å². The Morgan fingerprint density at radius 3 is 3.00 bits per heavy atom. The van der Waals surface area contributed by atoms with Crippen molar-refractivity contribution in [3.8, 4) is 0 Å². The van der Waals surface area contributed by atoms with Crippen LogP contribution in [-0.2, 0) is 9.63 Å². The summed E-state index contributed by atoms with van der Waals surface area (Å²) in [5, 5.41) is 4.98. The minimum atomic E-state index is 0.522. The molecule has 1 aliphatic rings. The second-order valence-electron chi connectivity index (χ2n) is 4.09. The molecule has 108 valence electrons. The van der Waals surface area contributed by atoms with Gasteiger partial charge in [0.15, 0.2) is 0 Å². The van der Waals surface area contributed by atoms with Gasteiger partial charge in [0.1, 0.15) is 16.0 Å². The third-order valence-electron chi connectivity index (χ3n) is 2.82. The van der Waals surface area contributed by atoms with Crippen LogP contribution in [0.3, 0.4) is 0 Å². The fraction of sp³-hybridized carbons (Fsp3) is 0.750. The second-order valence-corrected chi connectivity index (χ2v) is 5.57. The van der Waals surface area contributed by atoms with Crippen molar-refractivity contribution in [3.63, 3.8) is 0 Å². The molecule has 7 heteroatoms. The Kier molecular flexibility index (Phi) is 8.09. The van der Waals surface area contributed by atoms with E-state index in [1.165, 1.54) is 11.8 Å². The number of hydrogen-bond donors (Lipinski definition) is 1. The first-order valence-electron chi connectivity index (χ1n) is 6.39. The van der Waals surface area contributed by atoms with Gasteiger partial charge in [0.2, 0.25) is 0 Å². The Labute approximate surface area is 124 Å². The number of carbonyl (C=O) groups excluding carboxylic acids is 1. The number of thioether (sulfide) groups is 1. The van der Waals surface area contributed by atoms with E-state index in [-0.39, 0.29) is 0 Å². The summed E-state index contributed by atoms with van der Waals surface area (Å²) >= 11 is 6.60. The number of hydrogen-bond acceptors (Lipinski definition) is 6. The zero-order chi connectivity index (χ0) is 14.1. The zero-order valence-corrected chi connectivity index (χ0v) is 13.1. The van der Waals surface area contributed by atoms with Crippen LogP contribution in [-0.4, -0.2) is 65.8 Å². The Balaban J connectivity index is 2.30. The van der Waals surface area contributed by atoms with E-state index in [1.807, 2.05) is 24.2 Å². The van der Waals surface area contributed by atoms with Gasteiger partial charge in [-0.3, -0.25) is 4.84 Å². The number of piperazine rings is 1. The molecule has 0 aromatic carbocycles. The number of hydroxylamine groups is 2. The van der Waals surface area contributed by atoms with Gasteiger partial charge >= 0.3 is 0 Å². The Bertz CT molecular complexity index is 346. The predicted octanol–water partition coefficient (Wildman–Crippen LogP) is 0.899. The summed E-state index contributed by atoms with van der Waals surface area (Å²) in [6.45, 7) is 6.38. The molecular weight excluding hydrogens is 282 g/mol. The zero-order valence-electron chi connectivity index (χ0n) is 11.5. The molecule has 1 aliphatic heterocycles. The average molecular weight is 303 g/mol. The van der Waals surface area contributed by atoms with Gasteiger partial charge in [-0.2, -0.15) is 5.06 Å². The van der Waals surface area contributed by atoms with Crippen molar-refractivity contribution in [3.05, 3.63) is 5.70 Å². The molecule has 1 heterocycles. The van der Waals surface area contributed by atoms with Crippen molar-refractivity contribution in [2.24, 2.45) is 0 Å². The van der Waals surface area contributed by atoms with Gasteiger partial charge in [-0.1, -0.05) is 12.2 Å². The monoisotopic (exact) mass is 303 g/mol. The molecule has 19 heavy (non-hydrogen) atoms. The highest BCUT2D eigenvalue weighted by Gasteiger charge is 2.21. The summed E-state index contributed by atoms with van der Waals surface area (Å²) in [6, 6.07) is 0. The lowest BCUT2D eigenvalue weighted by Crippen LogP contribution is -2.45. The summed E-state index contributed by atoms with van der Waals surface area (Å²) in [7, 11) is 0. The Hall–Kier alpha value is -0.590. The molecule has 0 saturated carbocycles. The molecule has 1 fully saturated rings. The van der Waals surface area contributed by atoms with Crippen LogP contribution in [0.5, 0.6) is 0 Å². The molecule has 0 aromatic rings. The quantitative estimate of drug-likeness (QED) is 0.444. The molecule has 0 spiro atoms. The van der Waals surface area contributed by atoms with Gasteiger partial charge in [0, 0.05) is 26.2 Å². The lowest BCUT2D eigenvalue weighted by Gasteiger charge is -2.35. The lowest BCUT2D eigenvalue weighted by molar-refractivity contribution is -0.162. The smallest absolute Gasteiger partial charge is 0.147 e. The maximum Gasteiger partial charge on any atom is 0.147 e. The van der Waals surface area contributed by atoms with Crippen LogP contribution in [0.15, 0.2) is 5.70 Å². The normalized spacial score (nSPS) is 16.3. The Morgan fingerprint density at radius 2 is 2.37 bits per heavy atom. The first kappa shape index (κ1) is 16.5. The topological polar surface area (TPSA) is 44.8 Å². The third kappa shape index (κ3) is 5.93. The van der Waals surface area contributed by atoms with Gasteiger partial charge in [-0.15, -0.1) is 11.8 Å². The van der Waals surface area contributed by atoms with Crippen LogP contribution in [0.2, 0.25) is 0 Å². The fourth-order valence-electron chi connectivity index (χ4n) is 1.88. The average Bonchev–Trinajstić information content (AvgIpc) is 2.44. The van der Waals surface area contributed by atoms with E-state index in [2.05, 4.69) is 10.2 Å². The number of thiocarbonyl (C=S) groups is 1. The van der Waals surface area contributed by atoms with E-state index in [0.29, 0.717) is 18.8 Å². The van der Waals surface area contributed by atoms with Gasteiger partial charge in [0.05, 0.1) is 13.2 Å². The van der Waals surface area contributed by atoms with Crippen LogP contribution in [0, 0.1) is 0 Å². The molecule has 1 rings (SSSR count). The molecule has 0 atom stereocenters. The summed E-state index contributed by atoms with van der Waals surface area (Å²) in [6.07, 6.45) is 2.90. The van der Waals surface area contributed by atoms with E-state index in [0.717, 1.165) is 36.9 Å². The SMILES string of the molecule is CCON1CCN(CCCNC(=S)SC)C(=C=O)C1. The number of nitrogens with zero attached hydrogens (tertiary/aromatic N) is 2. The van der Waals surface area contributed by atoms with Gasteiger partial charge in [0.25, 0.3) is 0 Å². The summed E-state index contributed by atoms with van der Waals surface area (Å²) in [5.74, 6) is 2.02. The van der Waals surface area contributed by atoms with Crippen molar-refractivity contribution in [1.29, 1.82) is 0 Å². The van der Waals surface area contributed by atoms with Gasteiger partial charge < -0.3 is 10.2 Å². The van der Waals surface area contributed by atoms with Crippen LogP contribution >= 0.6 is 24.0 Å². The molecule has 0 bridgehead atoms. The Morgan fingerprint density at radius 1 is 1.58 bits per heavy atom. The van der Waals surface area contributed by atoms with Crippen molar-refractivity contribution in [2.75, 3.05) is 45.6 Å². The summed E-state index contributed by atoms with van der Waals surface area (Å²) < 4.78 is 0.812. The minimum Gasteiger partial charge on any atom is -0.371 e. The molecular formula is C12H21N3O2S2. The maximum atomic E-state index is 11.0. The van der Waals surface area contributed by atoms with Crippen LogP contribution in [0.1, 0.15) is 13.3 Å². The molecule has 0 radical (unpaired) electrons. The first-order valence-corrected chi connectivity index (χ1v) is 8.03. The van der Waals surface area contributed by atoms with E-state index >= 15 is 0 Å². The van der Waals surface area contributed by atoms with Crippen LogP contribution in [0.4, 0.5) is 0 Å². The number of nitrogens with one attached hydrogen (secondary N) is 1. The van der Waals surface area contributed by atoms with Crippen molar-refractivity contribution in [1.82, 2.24) is 15.3 Å². The first-order chi connectivity index (χ1) is 9.21. The van der Waals surface area contributed by atoms with Crippen molar-refractivity contribution < 1.29 is 9.63 Å². The molecule has 0 aromatic heterocycles. The van der Waals surface area contributed by atoms with Gasteiger partial charge in [-0.05, 0) is 19.6 Å². The highest BCUT2D eigenvalue weighted by molar-refractivity contribution is 8.22. The fourth-order valence-corrected chi connectivity index (χ4v) is 2.23. The van der Waals surface area contributed by atoms with Crippen molar-refractivity contribution in [2.45, 2.75) is 13.3 Å². The summed E-state index contributed by atoms with van der Waals surface area (Å²) in [4.78, 5) is 18.5. The third-order valence-corrected chi connectivity index (χ3v) is 3.98. The number of rotatable bonds is 6. The molecule has 0 unspecified atom stereocenters. The maximum absolute atomic E-state index is 11.0. The van der Waals surface area contributed by atoms with E-state index in [4.69, 9.17) is 17.1 Å². The highest BCUT2D eigenvalue weighted by atomic mass is 32.2. The van der Waals surface area contributed by atoms with E-state index < -0.39 is 0 Å². The molecule has 0 aliphatic carbocycles. The molecule has 0 amide bonds. The minimum absolute atomic E-state index is 0.522. The molecule has 5 nitrogen and oxygen atoms in total. The lowest BCUT2D eigenvalue weighted by atomic mass is 10.2. The van der Waals surface area contributed by atoms with Crippen molar-refractivity contribution >= 4 is 34.2 Å². The van der Waals surface area contributed by atoms with E-state index in [1.54, 1.807) is 0 Å². The van der Waals surface area contributed by atoms with Crippen LogP contribution in [0.25, 0.3) is 0 Å². The predicted molar refractivity (Wildman–Crippen MR) is 82.7 cm³/mol. The molecule has 1 N–H and O–H groups in total. The second kappa shape index (κ2) is 9.34. The largest absolute Gasteiger partial charge is 0.371 e. The van der Waals surface area contributed by atoms with Crippen LogP contribution < -0.4 is 5.32 Å².